The molecule has 92 valence electrons. The SMILES string of the molecule is C[C@]1(c2ccc(Cl)cc2)C[C@@H]1Sc1ccccc1. The van der Waals surface area contributed by atoms with Gasteiger partial charge in [-0.25, -0.2) is 0 Å². The number of rotatable bonds is 3. The van der Waals surface area contributed by atoms with Crippen LogP contribution in [0.1, 0.15) is 18.9 Å². The van der Waals surface area contributed by atoms with Crippen molar-refractivity contribution in [3.8, 4) is 0 Å². The predicted molar refractivity (Wildman–Crippen MR) is 79.5 cm³/mol. The van der Waals surface area contributed by atoms with Crippen LogP contribution in [0.4, 0.5) is 0 Å². The maximum atomic E-state index is 5.94. The Morgan fingerprint density at radius 2 is 1.72 bits per heavy atom. The molecule has 1 saturated carbocycles. The highest BCUT2D eigenvalue weighted by Gasteiger charge is 2.51. The van der Waals surface area contributed by atoms with Gasteiger partial charge in [0.15, 0.2) is 0 Å². The zero-order valence-corrected chi connectivity index (χ0v) is 11.8. The van der Waals surface area contributed by atoms with Crippen LogP contribution < -0.4 is 0 Å². The highest BCUT2D eigenvalue weighted by atomic mass is 35.5. The summed E-state index contributed by atoms with van der Waals surface area (Å²) in [6.07, 6.45) is 1.24. The minimum Gasteiger partial charge on any atom is -0.122 e. The Hall–Kier alpha value is -0.920. The molecule has 0 saturated heterocycles. The summed E-state index contributed by atoms with van der Waals surface area (Å²) >= 11 is 7.93. The smallest absolute Gasteiger partial charge is 0.0406 e. The summed E-state index contributed by atoms with van der Waals surface area (Å²) in [6.45, 7) is 2.34. The maximum absolute atomic E-state index is 5.94. The Balaban J connectivity index is 1.74. The van der Waals surface area contributed by atoms with Gasteiger partial charge >= 0.3 is 0 Å². The summed E-state index contributed by atoms with van der Waals surface area (Å²) in [4.78, 5) is 1.36. The second kappa shape index (κ2) is 4.64. The summed E-state index contributed by atoms with van der Waals surface area (Å²) in [5, 5.41) is 1.50. The van der Waals surface area contributed by atoms with Crippen LogP contribution in [0.3, 0.4) is 0 Å². The Morgan fingerprint density at radius 1 is 1.06 bits per heavy atom. The molecule has 18 heavy (non-hydrogen) atoms. The number of thioether (sulfide) groups is 1. The van der Waals surface area contributed by atoms with Gasteiger partial charge < -0.3 is 0 Å². The predicted octanol–water partition coefficient (Wildman–Crippen LogP) is 5.16. The number of benzene rings is 2. The Bertz CT molecular complexity index is 535. The molecule has 1 aliphatic rings. The molecular weight excluding hydrogens is 260 g/mol. The average Bonchev–Trinajstić information content (AvgIpc) is 3.03. The molecular formula is C16H15ClS. The third-order valence-electron chi connectivity index (χ3n) is 3.69. The van der Waals surface area contributed by atoms with Gasteiger partial charge in [-0.1, -0.05) is 48.9 Å². The summed E-state index contributed by atoms with van der Waals surface area (Å²) in [5.74, 6) is 0. The second-order valence-electron chi connectivity index (χ2n) is 5.05. The van der Waals surface area contributed by atoms with Crippen LogP contribution in [0.5, 0.6) is 0 Å². The third kappa shape index (κ3) is 2.30. The van der Waals surface area contributed by atoms with Crippen molar-refractivity contribution in [3.63, 3.8) is 0 Å². The van der Waals surface area contributed by atoms with Gasteiger partial charge in [0.05, 0.1) is 0 Å². The maximum Gasteiger partial charge on any atom is 0.0406 e. The van der Waals surface area contributed by atoms with Crippen LogP contribution >= 0.6 is 23.4 Å². The molecule has 0 nitrogen and oxygen atoms in total. The van der Waals surface area contributed by atoms with Crippen molar-refractivity contribution in [2.45, 2.75) is 28.9 Å². The summed E-state index contributed by atoms with van der Waals surface area (Å²) < 4.78 is 0. The number of hydrogen-bond acceptors (Lipinski definition) is 1. The Kier molecular flexibility index (Phi) is 3.13. The lowest BCUT2D eigenvalue weighted by molar-refractivity contribution is 0.792. The largest absolute Gasteiger partial charge is 0.122 e. The quantitative estimate of drug-likeness (QED) is 0.745. The van der Waals surface area contributed by atoms with Crippen molar-refractivity contribution in [3.05, 3.63) is 65.2 Å². The van der Waals surface area contributed by atoms with Gasteiger partial charge in [-0.15, -0.1) is 11.8 Å². The van der Waals surface area contributed by atoms with Gasteiger partial charge in [-0.05, 0) is 36.2 Å². The molecule has 2 heteroatoms. The molecule has 0 unspecified atom stereocenters. The monoisotopic (exact) mass is 274 g/mol. The lowest BCUT2D eigenvalue weighted by Gasteiger charge is -2.11. The fraction of sp³-hybridized carbons (Fsp3) is 0.250. The third-order valence-corrected chi connectivity index (χ3v) is 5.45. The van der Waals surface area contributed by atoms with Gasteiger partial charge in [0.1, 0.15) is 0 Å². The molecule has 0 aromatic heterocycles. The Morgan fingerprint density at radius 3 is 2.39 bits per heavy atom. The normalized spacial score (nSPS) is 26.0. The van der Waals surface area contributed by atoms with Gasteiger partial charge in [-0.3, -0.25) is 0 Å². The first-order valence-corrected chi connectivity index (χ1v) is 7.42. The summed E-state index contributed by atoms with van der Waals surface area (Å²) in [7, 11) is 0. The van der Waals surface area contributed by atoms with E-state index in [2.05, 4.69) is 49.4 Å². The molecule has 0 aliphatic heterocycles. The van der Waals surface area contributed by atoms with E-state index in [4.69, 9.17) is 11.6 Å². The van der Waals surface area contributed by atoms with E-state index in [-0.39, 0.29) is 0 Å². The van der Waals surface area contributed by atoms with E-state index in [0.717, 1.165) is 5.02 Å². The summed E-state index contributed by atoms with van der Waals surface area (Å²) in [6, 6.07) is 18.9. The van der Waals surface area contributed by atoms with E-state index < -0.39 is 0 Å². The zero-order valence-electron chi connectivity index (χ0n) is 10.3. The van der Waals surface area contributed by atoms with Crippen LogP contribution in [0.25, 0.3) is 0 Å². The van der Waals surface area contributed by atoms with Crippen LogP contribution in [0.15, 0.2) is 59.5 Å². The number of hydrogen-bond donors (Lipinski definition) is 0. The van der Waals surface area contributed by atoms with E-state index >= 15 is 0 Å². The minimum atomic E-state index is 0.311. The van der Waals surface area contributed by atoms with E-state index in [1.165, 1.54) is 16.9 Å². The fourth-order valence-electron chi connectivity index (χ4n) is 2.30. The Labute approximate surface area is 117 Å². The van der Waals surface area contributed by atoms with Gasteiger partial charge in [0.25, 0.3) is 0 Å². The van der Waals surface area contributed by atoms with Crippen molar-refractivity contribution in [2.24, 2.45) is 0 Å². The summed E-state index contributed by atoms with van der Waals surface area (Å²) in [5.41, 5.74) is 1.71. The fourth-order valence-corrected chi connectivity index (χ4v) is 3.89. The van der Waals surface area contributed by atoms with Gasteiger partial charge in [0.2, 0.25) is 0 Å². The topological polar surface area (TPSA) is 0 Å². The van der Waals surface area contributed by atoms with E-state index in [9.17, 15) is 0 Å². The molecule has 0 spiro atoms. The second-order valence-corrected chi connectivity index (χ2v) is 6.76. The minimum absolute atomic E-state index is 0.311. The molecule has 0 amide bonds. The zero-order chi connectivity index (χ0) is 12.6. The van der Waals surface area contributed by atoms with Gasteiger partial charge in [0, 0.05) is 20.6 Å². The molecule has 0 bridgehead atoms. The highest BCUT2D eigenvalue weighted by molar-refractivity contribution is 8.00. The molecule has 2 aromatic rings. The first-order chi connectivity index (χ1) is 8.68. The van der Waals surface area contributed by atoms with Crippen molar-refractivity contribution in [1.29, 1.82) is 0 Å². The molecule has 1 aliphatic carbocycles. The molecule has 0 heterocycles. The van der Waals surface area contributed by atoms with Crippen molar-refractivity contribution in [1.82, 2.24) is 0 Å². The van der Waals surface area contributed by atoms with E-state index in [1.807, 2.05) is 23.9 Å². The molecule has 3 rings (SSSR count). The lowest BCUT2D eigenvalue weighted by Crippen LogP contribution is -2.04. The van der Waals surface area contributed by atoms with Crippen molar-refractivity contribution < 1.29 is 0 Å². The molecule has 0 radical (unpaired) electrons. The molecule has 0 N–H and O–H groups in total. The van der Waals surface area contributed by atoms with E-state index in [1.54, 1.807) is 0 Å². The van der Waals surface area contributed by atoms with Crippen LogP contribution in [-0.4, -0.2) is 5.25 Å². The highest BCUT2D eigenvalue weighted by Crippen LogP contribution is 2.56. The van der Waals surface area contributed by atoms with Crippen LogP contribution in [-0.2, 0) is 5.41 Å². The van der Waals surface area contributed by atoms with Crippen molar-refractivity contribution >= 4 is 23.4 Å². The lowest BCUT2D eigenvalue weighted by atomic mass is 9.99. The van der Waals surface area contributed by atoms with Crippen LogP contribution in [0.2, 0.25) is 5.02 Å². The first-order valence-electron chi connectivity index (χ1n) is 6.16. The van der Waals surface area contributed by atoms with Crippen molar-refractivity contribution in [2.75, 3.05) is 0 Å². The number of halogens is 1. The molecule has 2 aromatic carbocycles. The van der Waals surface area contributed by atoms with Gasteiger partial charge in [-0.2, -0.15) is 0 Å². The first kappa shape index (κ1) is 12.1. The molecule has 1 fully saturated rings. The van der Waals surface area contributed by atoms with Crippen LogP contribution in [0, 0.1) is 0 Å². The molecule has 2 atom stereocenters. The van der Waals surface area contributed by atoms with E-state index in [0.29, 0.717) is 10.7 Å². The standard InChI is InChI=1S/C16H15ClS/c1-16(12-7-9-13(17)10-8-12)11-15(16)18-14-5-3-2-4-6-14/h2-10,15H,11H2,1H3/t15-,16+/m0/s1. The average molecular weight is 275 g/mol.